The molecule has 0 aromatic carbocycles. The lowest BCUT2D eigenvalue weighted by Gasteiger charge is -2.00. The molecule has 0 radical (unpaired) electrons. The lowest BCUT2D eigenvalue weighted by atomic mass is 10.3. The van der Waals surface area contributed by atoms with Crippen LogP contribution in [-0.4, -0.2) is 20.1 Å². The zero-order valence-corrected chi connectivity index (χ0v) is 9.74. The van der Waals surface area contributed by atoms with Gasteiger partial charge < -0.3 is 5.11 Å². The Hall–Kier alpha value is -1.33. The summed E-state index contributed by atoms with van der Waals surface area (Å²) in [7, 11) is 0. The van der Waals surface area contributed by atoms with E-state index >= 15 is 0 Å². The normalized spacial score (nSPS) is 10.3. The molecule has 0 aliphatic carbocycles. The molecule has 0 amide bonds. The SMILES string of the molecule is Oc1ccnc(SCc2ccc(Cl)nc2)n1. The third kappa shape index (κ3) is 3.08. The standard InChI is InChI=1S/C10H8ClN3OS/c11-8-2-1-7(5-13-8)6-16-10-12-4-3-9(15)14-10/h1-5H,6H2,(H,12,14,15). The lowest BCUT2D eigenvalue weighted by Crippen LogP contribution is -1.87. The van der Waals surface area contributed by atoms with E-state index in [1.807, 2.05) is 6.07 Å². The number of hydrogen-bond donors (Lipinski definition) is 1. The molecule has 0 spiro atoms. The van der Waals surface area contributed by atoms with Crippen LogP contribution in [-0.2, 0) is 5.75 Å². The molecular weight excluding hydrogens is 246 g/mol. The number of halogens is 1. The molecule has 0 unspecified atom stereocenters. The second-order valence-corrected chi connectivity index (χ2v) is 4.31. The molecule has 2 heterocycles. The number of aromatic hydroxyl groups is 1. The maximum Gasteiger partial charge on any atom is 0.214 e. The molecule has 4 nitrogen and oxygen atoms in total. The van der Waals surface area contributed by atoms with Crippen molar-refractivity contribution in [2.75, 3.05) is 0 Å². The van der Waals surface area contributed by atoms with Gasteiger partial charge in [0.1, 0.15) is 5.15 Å². The quantitative estimate of drug-likeness (QED) is 0.517. The van der Waals surface area contributed by atoms with Gasteiger partial charge in [0.25, 0.3) is 0 Å². The van der Waals surface area contributed by atoms with Crippen LogP contribution >= 0.6 is 23.4 Å². The maximum atomic E-state index is 9.15. The van der Waals surface area contributed by atoms with E-state index < -0.39 is 0 Å². The highest BCUT2D eigenvalue weighted by atomic mass is 35.5. The average Bonchev–Trinajstić information content (AvgIpc) is 2.28. The second kappa shape index (κ2) is 5.14. The molecular formula is C10H8ClN3OS. The van der Waals surface area contributed by atoms with E-state index in [-0.39, 0.29) is 5.88 Å². The minimum absolute atomic E-state index is 0.0215. The van der Waals surface area contributed by atoms with Gasteiger partial charge in [0.2, 0.25) is 5.88 Å². The molecule has 2 aromatic rings. The number of thioether (sulfide) groups is 1. The van der Waals surface area contributed by atoms with Gasteiger partial charge in [-0.2, -0.15) is 4.98 Å². The summed E-state index contributed by atoms with van der Waals surface area (Å²) in [6.45, 7) is 0. The van der Waals surface area contributed by atoms with Crippen LogP contribution < -0.4 is 0 Å². The van der Waals surface area contributed by atoms with Gasteiger partial charge in [0.05, 0.1) is 0 Å². The third-order valence-electron chi connectivity index (χ3n) is 1.78. The summed E-state index contributed by atoms with van der Waals surface area (Å²) in [5, 5.41) is 10.2. The number of rotatable bonds is 3. The average molecular weight is 254 g/mol. The largest absolute Gasteiger partial charge is 0.493 e. The highest BCUT2D eigenvalue weighted by Gasteiger charge is 2.00. The van der Waals surface area contributed by atoms with E-state index in [9.17, 15) is 0 Å². The molecule has 6 heteroatoms. The molecule has 0 aliphatic rings. The van der Waals surface area contributed by atoms with Gasteiger partial charge in [-0.25, -0.2) is 9.97 Å². The smallest absolute Gasteiger partial charge is 0.214 e. The molecule has 82 valence electrons. The van der Waals surface area contributed by atoms with Crippen molar-refractivity contribution < 1.29 is 5.11 Å². The van der Waals surface area contributed by atoms with Gasteiger partial charge in [-0.15, -0.1) is 0 Å². The fourth-order valence-electron chi connectivity index (χ4n) is 1.04. The summed E-state index contributed by atoms with van der Waals surface area (Å²) >= 11 is 7.10. The first-order valence-corrected chi connectivity index (χ1v) is 5.85. The highest BCUT2D eigenvalue weighted by Crippen LogP contribution is 2.20. The van der Waals surface area contributed by atoms with Crippen molar-refractivity contribution in [3.63, 3.8) is 0 Å². The molecule has 2 rings (SSSR count). The van der Waals surface area contributed by atoms with Crippen LogP contribution in [0.1, 0.15) is 5.56 Å². The van der Waals surface area contributed by atoms with Crippen LogP contribution in [0.15, 0.2) is 35.7 Å². The van der Waals surface area contributed by atoms with Crippen molar-refractivity contribution in [1.82, 2.24) is 15.0 Å². The third-order valence-corrected chi connectivity index (χ3v) is 2.93. The van der Waals surface area contributed by atoms with E-state index in [0.717, 1.165) is 5.56 Å². The van der Waals surface area contributed by atoms with Crippen molar-refractivity contribution in [3.05, 3.63) is 41.3 Å². The zero-order chi connectivity index (χ0) is 11.4. The Morgan fingerprint density at radius 2 is 2.12 bits per heavy atom. The van der Waals surface area contributed by atoms with Crippen LogP contribution in [0.5, 0.6) is 5.88 Å². The van der Waals surface area contributed by atoms with Crippen molar-refractivity contribution in [2.24, 2.45) is 0 Å². The highest BCUT2D eigenvalue weighted by molar-refractivity contribution is 7.98. The fourth-order valence-corrected chi connectivity index (χ4v) is 1.91. The van der Waals surface area contributed by atoms with Crippen LogP contribution in [0.4, 0.5) is 0 Å². The van der Waals surface area contributed by atoms with Gasteiger partial charge in [0.15, 0.2) is 5.16 Å². The van der Waals surface area contributed by atoms with Gasteiger partial charge in [-0.05, 0) is 11.6 Å². The van der Waals surface area contributed by atoms with Gasteiger partial charge in [-0.3, -0.25) is 0 Å². The Kier molecular flexibility index (Phi) is 3.58. The monoisotopic (exact) mass is 253 g/mol. The second-order valence-electron chi connectivity index (χ2n) is 2.98. The Morgan fingerprint density at radius 3 is 2.81 bits per heavy atom. The summed E-state index contributed by atoms with van der Waals surface area (Å²) in [5.74, 6) is 0.667. The Labute approximate surface area is 102 Å². The van der Waals surface area contributed by atoms with Crippen LogP contribution in [0, 0.1) is 0 Å². The number of hydrogen-bond acceptors (Lipinski definition) is 5. The van der Waals surface area contributed by atoms with E-state index in [4.69, 9.17) is 16.7 Å². The van der Waals surface area contributed by atoms with Crippen LogP contribution in [0.25, 0.3) is 0 Å². The minimum atomic E-state index is -0.0215. The van der Waals surface area contributed by atoms with Crippen molar-refractivity contribution in [2.45, 2.75) is 10.9 Å². The van der Waals surface area contributed by atoms with E-state index in [1.54, 1.807) is 12.3 Å². The predicted molar refractivity (Wildman–Crippen MR) is 62.5 cm³/mol. The molecule has 0 aliphatic heterocycles. The van der Waals surface area contributed by atoms with Gasteiger partial charge >= 0.3 is 0 Å². The Bertz CT molecular complexity index is 478. The zero-order valence-electron chi connectivity index (χ0n) is 8.17. The Morgan fingerprint density at radius 1 is 1.25 bits per heavy atom. The molecule has 1 N–H and O–H groups in total. The molecule has 16 heavy (non-hydrogen) atoms. The molecule has 0 fully saturated rings. The molecule has 0 atom stereocenters. The van der Waals surface area contributed by atoms with E-state index in [1.165, 1.54) is 24.0 Å². The lowest BCUT2D eigenvalue weighted by molar-refractivity contribution is 0.445. The van der Waals surface area contributed by atoms with E-state index in [0.29, 0.717) is 16.1 Å². The summed E-state index contributed by atoms with van der Waals surface area (Å²) < 4.78 is 0. The summed E-state index contributed by atoms with van der Waals surface area (Å²) in [4.78, 5) is 11.9. The number of aromatic nitrogens is 3. The first kappa shape index (κ1) is 11.2. The summed E-state index contributed by atoms with van der Waals surface area (Å²) in [5.41, 5.74) is 1.03. The number of nitrogens with zero attached hydrogens (tertiary/aromatic N) is 3. The van der Waals surface area contributed by atoms with E-state index in [2.05, 4.69) is 15.0 Å². The first-order chi connectivity index (χ1) is 7.74. The molecule has 0 saturated heterocycles. The van der Waals surface area contributed by atoms with Crippen molar-refractivity contribution in [3.8, 4) is 5.88 Å². The summed E-state index contributed by atoms with van der Waals surface area (Å²) in [6, 6.07) is 5.07. The molecule has 2 aromatic heterocycles. The van der Waals surface area contributed by atoms with Crippen LogP contribution in [0.3, 0.4) is 0 Å². The first-order valence-electron chi connectivity index (χ1n) is 4.49. The van der Waals surface area contributed by atoms with Crippen LogP contribution in [0.2, 0.25) is 5.15 Å². The molecule has 0 saturated carbocycles. The predicted octanol–water partition coefficient (Wildman–Crippen LogP) is 2.52. The van der Waals surface area contributed by atoms with Crippen molar-refractivity contribution >= 4 is 23.4 Å². The fraction of sp³-hybridized carbons (Fsp3) is 0.100. The minimum Gasteiger partial charge on any atom is -0.493 e. The summed E-state index contributed by atoms with van der Waals surface area (Å²) in [6.07, 6.45) is 3.23. The van der Waals surface area contributed by atoms with Gasteiger partial charge in [0, 0.05) is 24.2 Å². The maximum absolute atomic E-state index is 9.15. The topological polar surface area (TPSA) is 58.9 Å². The Balaban J connectivity index is 1.99. The molecule has 0 bridgehead atoms. The van der Waals surface area contributed by atoms with Gasteiger partial charge in [-0.1, -0.05) is 29.4 Å². The van der Waals surface area contributed by atoms with Crippen molar-refractivity contribution in [1.29, 1.82) is 0 Å². The number of pyridine rings is 1.